The van der Waals surface area contributed by atoms with E-state index in [1.165, 1.54) is 38.1 Å². The van der Waals surface area contributed by atoms with Crippen LogP contribution in [-0.2, 0) is 62.7 Å². The van der Waals surface area contributed by atoms with E-state index in [0.29, 0.717) is 15.1 Å². The van der Waals surface area contributed by atoms with Crippen LogP contribution in [-0.4, -0.2) is 77.8 Å². The number of halogens is 11. The third-order valence-electron chi connectivity index (χ3n) is 11.7. The maximum Gasteiger partial charge on any atom is 0.435 e. The van der Waals surface area contributed by atoms with Crippen molar-refractivity contribution in [1.29, 1.82) is 0 Å². The molecule has 1 unspecified atom stereocenters. The predicted octanol–water partition coefficient (Wildman–Crippen LogP) is 8.27. The Morgan fingerprint density at radius 2 is 1.58 bits per heavy atom. The maximum atomic E-state index is 15.5. The van der Waals surface area contributed by atoms with Crippen molar-refractivity contribution in [3.8, 4) is 11.1 Å². The van der Waals surface area contributed by atoms with E-state index in [4.69, 9.17) is 16.6 Å². The van der Waals surface area contributed by atoms with E-state index in [-0.39, 0.29) is 62.4 Å². The minimum Gasteiger partial charge on any atom is -0.346 e. The fourth-order valence-electron chi connectivity index (χ4n) is 8.05. The van der Waals surface area contributed by atoms with E-state index >= 15 is 8.78 Å². The Balaban J connectivity index is 1.44. The van der Waals surface area contributed by atoms with Gasteiger partial charge in [0.2, 0.25) is 15.9 Å². The molecule has 2 aliphatic rings. The van der Waals surface area contributed by atoms with Gasteiger partial charge in [0.05, 0.1) is 38.7 Å². The third kappa shape index (κ3) is 9.38. The number of aryl methyl sites for hydroxylation is 1. The zero-order chi connectivity index (χ0) is 48.1. The quantitative estimate of drug-likeness (QED) is 0.109. The second-order valence-electron chi connectivity index (χ2n) is 16.9. The molecule has 0 radical (unpaired) electrons. The predicted molar refractivity (Wildman–Crippen MR) is 217 cm³/mol. The summed E-state index contributed by atoms with van der Waals surface area (Å²) < 4.78 is 196. The monoisotopic (exact) mass is 985 g/mol. The minimum atomic E-state index is -5.17. The van der Waals surface area contributed by atoms with E-state index < -0.39 is 126 Å². The number of nitrogens with zero attached hydrogens (tertiary/aromatic N) is 6. The molecular weight excluding hydrogens is 948 g/mol. The molecule has 0 bridgehead atoms. The summed E-state index contributed by atoms with van der Waals surface area (Å²) >= 11 is 6.55. The average Bonchev–Trinajstić information content (AvgIpc) is 3.66. The van der Waals surface area contributed by atoms with Gasteiger partial charge in [-0.3, -0.25) is 23.4 Å². The molecule has 1 N–H and O–H groups in total. The summed E-state index contributed by atoms with van der Waals surface area (Å²) in [7, 11) is -6.85. The molecule has 25 heteroatoms. The van der Waals surface area contributed by atoms with Crippen molar-refractivity contribution in [2.75, 3.05) is 23.9 Å². The van der Waals surface area contributed by atoms with Gasteiger partial charge in [0.25, 0.3) is 5.92 Å². The molecular formula is C40H38ClF10N7O5S2. The number of sulfone groups is 1. The van der Waals surface area contributed by atoms with Crippen molar-refractivity contribution < 1.29 is 65.5 Å². The smallest absolute Gasteiger partial charge is 0.346 e. The zero-order valence-electron chi connectivity index (χ0n) is 34.7. The van der Waals surface area contributed by atoms with E-state index in [1.54, 1.807) is 0 Å². The number of fused-ring (bicyclic) bond motifs is 4. The number of alkyl halides is 8. The number of carbonyl (C=O) groups is 1. The number of carbonyl (C=O) groups excluding carboxylic acids is 1. The lowest BCUT2D eigenvalue weighted by Crippen LogP contribution is -2.35. The molecule has 352 valence electrons. The normalized spacial score (nSPS) is 17.8. The van der Waals surface area contributed by atoms with Crippen LogP contribution in [0.25, 0.3) is 22.0 Å². The highest BCUT2D eigenvalue weighted by Crippen LogP contribution is 2.68. The summed E-state index contributed by atoms with van der Waals surface area (Å²) in [6, 6.07) is 5.79. The van der Waals surface area contributed by atoms with Crippen molar-refractivity contribution in [2.45, 2.75) is 87.6 Å². The molecule has 2 aromatic carbocycles. The number of amides is 1. The molecule has 3 atom stereocenters. The van der Waals surface area contributed by atoms with Gasteiger partial charge < -0.3 is 5.32 Å². The Bertz CT molecular complexity index is 2950. The van der Waals surface area contributed by atoms with Gasteiger partial charge in [0, 0.05) is 47.7 Å². The number of aromatic nitrogens is 5. The molecule has 1 saturated carbocycles. The first-order valence-electron chi connectivity index (χ1n) is 19.5. The van der Waals surface area contributed by atoms with Crippen LogP contribution >= 0.6 is 11.6 Å². The first kappa shape index (κ1) is 48.0. The lowest BCUT2D eigenvalue weighted by Gasteiger charge is -2.25. The van der Waals surface area contributed by atoms with Gasteiger partial charge >= 0.3 is 12.4 Å². The van der Waals surface area contributed by atoms with Crippen molar-refractivity contribution in [1.82, 2.24) is 29.9 Å². The lowest BCUT2D eigenvalue weighted by molar-refractivity contribution is -0.143. The molecule has 2 aliphatic carbocycles. The fraction of sp³-hybridized carbons (Fsp3) is 0.450. The number of rotatable bonds is 14. The van der Waals surface area contributed by atoms with Crippen molar-refractivity contribution in [3.05, 3.63) is 93.0 Å². The van der Waals surface area contributed by atoms with E-state index in [2.05, 4.69) is 15.5 Å². The summed E-state index contributed by atoms with van der Waals surface area (Å²) in [5.41, 5.74) is -4.42. The number of anilines is 1. The first-order chi connectivity index (χ1) is 29.8. The zero-order valence-corrected chi connectivity index (χ0v) is 37.1. The molecule has 1 amide bonds. The minimum absolute atomic E-state index is 0.0589. The van der Waals surface area contributed by atoms with Gasteiger partial charge in [-0.25, -0.2) is 25.6 Å². The number of hydrogen-bond donors (Lipinski definition) is 1. The Morgan fingerprint density at radius 3 is 2.17 bits per heavy atom. The number of benzene rings is 2. The second kappa shape index (κ2) is 16.1. The van der Waals surface area contributed by atoms with Crippen LogP contribution in [0.5, 0.6) is 0 Å². The molecule has 65 heavy (non-hydrogen) atoms. The average molecular weight is 986 g/mol. The Kier molecular flexibility index (Phi) is 11.9. The summed E-state index contributed by atoms with van der Waals surface area (Å²) in [6.45, 7) is -0.137. The van der Waals surface area contributed by atoms with Gasteiger partial charge in [-0.15, -0.1) is 0 Å². The van der Waals surface area contributed by atoms with Crippen LogP contribution in [0.2, 0.25) is 5.02 Å². The molecule has 12 nitrogen and oxygen atoms in total. The molecule has 1 fully saturated rings. The topological polar surface area (TPSA) is 149 Å². The van der Waals surface area contributed by atoms with Crippen molar-refractivity contribution in [3.63, 3.8) is 0 Å². The van der Waals surface area contributed by atoms with Crippen LogP contribution in [0.1, 0.15) is 72.6 Å². The molecule has 0 spiro atoms. The van der Waals surface area contributed by atoms with Gasteiger partial charge in [0.15, 0.2) is 21.3 Å². The molecule has 7 rings (SSSR count). The molecule has 0 aliphatic heterocycles. The largest absolute Gasteiger partial charge is 0.435 e. The molecule has 5 aromatic rings. The van der Waals surface area contributed by atoms with Crippen LogP contribution in [0.3, 0.4) is 0 Å². The van der Waals surface area contributed by atoms with Crippen LogP contribution in [0, 0.1) is 17.6 Å². The fourth-order valence-corrected chi connectivity index (χ4v) is 9.21. The first-order valence-corrected chi connectivity index (χ1v) is 23.6. The Hall–Kier alpha value is -4.97. The summed E-state index contributed by atoms with van der Waals surface area (Å²) in [6.07, 6.45) is -9.34. The van der Waals surface area contributed by atoms with Crippen LogP contribution in [0.4, 0.5) is 49.7 Å². The third-order valence-corrected chi connectivity index (χ3v) is 15.4. The number of sulfonamides is 1. The Labute approximate surface area is 369 Å². The van der Waals surface area contributed by atoms with Crippen LogP contribution in [0.15, 0.2) is 42.5 Å². The van der Waals surface area contributed by atoms with E-state index in [9.17, 15) is 56.8 Å². The SMILES string of the molecule is CN(c1nn(CC(F)(F)F)c2c(-c3ccc(CCC(C)(C)S(C)(=O)=O)nc3[C@H](Cc3cc(F)cc(F)c3)NC(=O)Cn3nc(C(F)(F)F)c4c3C(F)(F)C3C[C@H]43)ccc(Cl)c12)S(C)(=O)=O. The standard InChI is InChI=1S/C40H38ClF10N7O5S2/c1-37(2,64(4,60)61)11-10-22-6-7-23(24-8-9-27(41)31-33(24)58(18-38(44,45)46)55-36(31)56(3)65(5,62)63)32(52-22)28(14-19-12-20(42)15-21(43)13-19)53-29(59)17-57-35-30(34(54-57)40(49,50)51)25-16-26(25)39(35,47)48/h6-9,12-13,15,25-26,28H,10-11,14,16-18H2,1-5H3,(H,53,59)/t25-,26?,28-/m0/s1. The van der Waals surface area contributed by atoms with Gasteiger partial charge in [0.1, 0.15) is 30.4 Å². The van der Waals surface area contributed by atoms with Gasteiger partial charge in [-0.1, -0.05) is 23.7 Å². The second-order valence-corrected chi connectivity index (χ2v) is 21.9. The highest BCUT2D eigenvalue weighted by Gasteiger charge is 2.68. The number of pyridine rings is 1. The summed E-state index contributed by atoms with van der Waals surface area (Å²) in [5.74, 6) is -10.3. The Morgan fingerprint density at radius 1 is 0.954 bits per heavy atom. The van der Waals surface area contributed by atoms with E-state index in [0.717, 1.165) is 31.7 Å². The van der Waals surface area contributed by atoms with Crippen molar-refractivity contribution >= 4 is 54.1 Å². The lowest BCUT2D eigenvalue weighted by atomic mass is 9.93. The number of nitrogens with one attached hydrogen (secondary N) is 1. The van der Waals surface area contributed by atoms with Gasteiger partial charge in [-0.05, 0) is 75.3 Å². The molecule has 3 heterocycles. The summed E-state index contributed by atoms with van der Waals surface area (Å²) in [5, 5.41) is 9.34. The van der Waals surface area contributed by atoms with Crippen LogP contribution < -0.4 is 9.62 Å². The molecule has 0 saturated heterocycles. The summed E-state index contributed by atoms with van der Waals surface area (Å²) in [4.78, 5) is 18.8. The molecule has 3 aromatic heterocycles. The number of hydrogen-bond acceptors (Lipinski definition) is 8. The van der Waals surface area contributed by atoms with E-state index in [1.807, 2.05) is 0 Å². The highest BCUT2D eigenvalue weighted by atomic mass is 35.5. The van der Waals surface area contributed by atoms with Gasteiger partial charge in [-0.2, -0.15) is 45.3 Å². The maximum absolute atomic E-state index is 15.5. The highest BCUT2D eigenvalue weighted by molar-refractivity contribution is 7.92. The van der Waals surface area contributed by atoms with Crippen molar-refractivity contribution in [2.24, 2.45) is 5.92 Å².